The Labute approximate surface area is 379 Å². The lowest BCUT2D eigenvalue weighted by molar-refractivity contribution is -0.193. The standard InChI is InChI=1S/2C20H22N2O4.C6H6O2.2CO2/c2*1-13-10-21-11-16-22(14(2)8-9-25-16)20(24)17(21)19(18(13)23)26-12-15-6-4-3-5-7-15;7-5-1-2-6(8)4-3-5;2*2-1-3/h2*3-7,10,14,16H,8-9,11-12H2,1-2H3;1-4,7-8H;;/t2*14-,16+;;;/m11.../s1. The Morgan fingerprint density at radius 2 is 0.909 bits per heavy atom. The molecule has 4 atom stereocenters. The van der Waals surface area contributed by atoms with Crippen LogP contribution in [0.1, 0.15) is 69.9 Å². The molecule has 5 aromatic rings. The van der Waals surface area contributed by atoms with Crippen molar-refractivity contribution in [2.45, 2.75) is 91.4 Å². The number of benzene rings is 3. The van der Waals surface area contributed by atoms with Crippen molar-refractivity contribution in [3.05, 3.63) is 151 Å². The number of amides is 2. The first-order valence-corrected chi connectivity index (χ1v) is 20.9. The van der Waals surface area contributed by atoms with Gasteiger partial charge in [-0.15, -0.1) is 0 Å². The van der Waals surface area contributed by atoms with Gasteiger partial charge in [0.2, 0.25) is 10.9 Å². The molecular weight excluding hydrogens is 857 g/mol. The van der Waals surface area contributed by atoms with E-state index in [-0.39, 0.29) is 95.7 Å². The van der Waals surface area contributed by atoms with Crippen LogP contribution < -0.4 is 20.3 Å². The highest BCUT2D eigenvalue weighted by molar-refractivity contribution is 5.97. The fourth-order valence-electron chi connectivity index (χ4n) is 7.74. The Morgan fingerprint density at radius 1 is 0.576 bits per heavy atom. The van der Waals surface area contributed by atoms with Gasteiger partial charge in [0.25, 0.3) is 11.8 Å². The lowest BCUT2D eigenvalue weighted by Crippen LogP contribution is -2.57. The maximum absolute atomic E-state index is 13.2. The number of fused-ring (bicyclic) bond motifs is 4. The van der Waals surface area contributed by atoms with Crippen LogP contribution in [0.3, 0.4) is 0 Å². The summed E-state index contributed by atoms with van der Waals surface area (Å²) in [7, 11) is 0. The molecule has 0 spiro atoms. The molecule has 2 aromatic heterocycles. The molecule has 6 heterocycles. The smallest absolute Gasteiger partial charge is 0.373 e. The summed E-state index contributed by atoms with van der Waals surface area (Å²) in [4.78, 5) is 87.7. The molecule has 2 N–H and O–H groups in total. The molecule has 346 valence electrons. The van der Waals surface area contributed by atoms with E-state index in [4.69, 9.17) is 48.3 Å². The number of rotatable bonds is 6. The first-order valence-electron chi connectivity index (χ1n) is 20.9. The third kappa shape index (κ3) is 11.9. The van der Waals surface area contributed by atoms with E-state index in [1.807, 2.05) is 74.5 Å². The molecule has 18 nitrogen and oxygen atoms in total. The van der Waals surface area contributed by atoms with E-state index in [0.29, 0.717) is 48.8 Å². The van der Waals surface area contributed by atoms with Gasteiger partial charge in [-0.25, -0.2) is 0 Å². The third-order valence-electron chi connectivity index (χ3n) is 11.0. The summed E-state index contributed by atoms with van der Waals surface area (Å²) >= 11 is 0. The molecule has 0 radical (unpaired) electrons. The molecule has 9 rings (SSSR count). The third-order valence-corrected chi connectivity index (χ3v) is 11.0. The average Bonchev–Trinajstić information content (AvgIpc) is 3.30. The molecule has 3 aromatic carbocycles. The van der Waals surface area contributed by atoms with Gasteiger partial charge in [-0.3, -0.25) is 19.2 Å². The van der Waals surface area contributed by atoms with Crippen molar-refractivity contribution in [1.29, 1.82) is 0 Å². The SMILES string of the molecule is Cc1cn2c(c(OCc3ccccc3)c1=O)C(=O)N1[C@H](C)CCO[C@H]1C2.Cc1cn2c(c(OCc3ccccc3)c1=O)C(=O)N1[C@H](C)CCO[C@H]1C2.O=C=O.O=C=O.Oc1ccc(O)cc1. The molecule has 0 bridgehead atoms. The maximum Gasteiger partial charge on any atom is 0.373 e. The van der Waals surface area contributed by atoms with Gasteiger partial charge in [0, 0.05) is 35.6 Å². The lowest BCUT2D eigenvalue weighted by Gasteiger charge is -2.44. The van der Waals surface area contributed by atoms with E-state index < -0.39 is 0 Å². The summed E-state index contributed by atoms with van der Waals surface area (Å²) < 4.78 is 26.9. The van der Waals surface area contributed by atoms with Crippen molar-refractivity contribution in [3.63, 3.8) is 0 Å². The molecule has 0 saturated carbocycles. The summed E-state index contributed by atoms with van der Waals surface area (Å²) in [5.41, 5.74) is 3.19. The van der Waals surface area contributed by atoms with E-state index in [1.54, 1.807) is 45.2 Å². The highest BCUT2D eigenvalue weighted by Crippen LogP contribution is 2.32. The number of carbonyl (C=O) groups is 2. The first kappa shape index (κ1) is 49.4. The number of aryl methyl sites for hydroxylation is 2. The van der Waals surface area contributed by atoms with Crippen LogP contribution in [0.15, 0.2) is 107 Å². The summed E-state index contributed by atoms with van der Waals surface area (Å²) in [6.45, 7) is 10.3. The molecule has 0 unspecified atom stereocenters. The molecule has 66 heavy (non-hydrogen) atoms. The van der Waals surface area contributed by atoms with Crippen LogP contribution in [0.4, 0.5) is 0 Å². The summed E-state index contributed by atoms with van der Waals surface area (Å²) in [6.07, 6.45) is 4.96. The molecular formula is C48H50N4O14. The highest BCUT2D eigenvalue weighted by atomic mass is 16.5. The van der Waals surface area contributed by atoms with Gasteiger partial charge in [0.05, 0.1) is 26.3 Å². The lowest BCUT2D eigenvalue weighted by atomic mass is 10.1. The second-order valence-corrected chi connectivity index (χ2v) is 15.5. The molecule has 2 amide bonds. The quantitative estimate of drug-likeness (QED) is 0.222. The fourth-order valence-corrected chi connectivity index (χ4v) is 7.74. The molecule has 4 aliphatic heterocycles. The van der Waals surface area contributed by atoms with Gasteiger partial charge < -0.3 is 48.1 Å². The second-order valence-electron chi connectivity index (χ2n) is 15.5. The van der Waals surface area contributed by atoms with Crippen LogP contribution in [0, 0.1) is 13.8 Å². The predicted octanol–water partition coefficient (Wildman–Crippen LogP) is 4.58. The Bertz CT molecular complexity index is 2460. The minimum Gasteiger partial charge on any atom is -0.508 e. The Kier molecular flexibility index (Phi) is 17.5. The van der Waals surface area contributed by atoms with Gasteiger partial charge in [0.15, 0.2) is 35.3 Å². The maximum atomic E-state index is 13.2. The number of hydrogen-bond acceptors (Lipinski definition) is 14. The molecule has 2 fully saturated rings. The van der Waals surface area contributed by atoms with Crippen molar-refractivity contribution in [3.8, 4) is 23.0 Å². The zero-order chi connectivity index (χ0) is 47.9. The van der Waals surface area contributed by atoms with Crippen LogP contribution in [-0.2, 0) is 55.0 Å². The topological polar surface area (TPSA) is 230 Å². The van der Waals surface area contributed by atoms with E-state index in [1.165, 1.54) is 24.3 Å². The van der Waals surface area contributed by atoms with E-state index >= 15 is 0 Å². The van der Waals surface area contributed by atoms with Crippen molar-refractivity contribution in [2.75, 3.05) is 13.2 Å². The minimum atomic E-state index is -0.289. The number of carbonyl (C=O) groups excluding carboxylic acids is 6. The van der Waals surface area contributed by atoms with Gasteiger partial charge in [-0.05, 0) is 75.9 Å². The molecule has 4 aliphatic rings. The Hall–Kier alpha value is -7.62. The predicted molar refractivity (Wildman–Crippen MR) is 232 cm³/mol. The van der Waals surface area contributed by atoms with E-state index in [9.17, 15) is 19.2 Å². The monoisotopic (exact) mass is 906 g/mol. The van der Waals surface area contributed by atoms with Crippen LogP contribution >= 0.6 is 0 Å². The second kappa shape index (κ2) is 23.4. The van der Waals surface area contributed by atoms with Gasteiger partial charge in [-0.1, -0.05) is 60.7 Å². The van der Waals surface area contributed by atoms with Crippen LogP contribution in [-0.4, -0.2) is 91.0 Å². The Balaban J connectivity index is 0.000000193. The zero-order valence-corrected chi connectivity index (χ0v) is 36.8. The van der Waals surface area contributed by atoms with Gasteiger partial charge in [-0.2, -0.15) is 19.2 Å². The van der Waals surface area contributed by atoms with Gasteiger partial charge >= 0.3 is 12.3 Å². The molecule has 18 heteroatoms. The number of pyridine rings is 2. The van der Waals surface area contributed by atoms with E-state index in [0.717, 1.165) is 24.0 Å². The van der Waals surface area contributed by atoms with Crippen LogP contribution in [0.25, 0.3) is 0 Å². The number of ether oxygens (including phenoxy) is 4. The minimum absolute atomic E-state index is 0.0772. The fraction of sp³-hybridized carbons (Fsp3) is 0.333. The van der Waals surface area contributed by atoms with Crippen molar-refractivity contribution < 1.29 is 57.9 Å². The van der Waals surface area contributed by atoms with Crippen LogP contribution in [0.5, 0.6) is 23.0 Å². The first-order chi connectivity index (χ1) is 31.7. The van der Waals surface area contributed by atoms with Crippen LogP contribution in [0.2, 0.25) is 0 Å². The number of phenolic OH excluding ortho intramolecular Hbond substituents is 2. The number of phenols is 2. The normalized spacial score (nSPS) is 18.6. The van der Waals surface area contributed by atoms with Gasteiger partial charge in [0.1, 0.15) is 24.7 Å². The molecule has 0 aliphatic carbocycles. The highest BCUT2D eigenvalue weighted by Gasteiger charge is 2.42. The number of nitrogens with zero attached hydrogens (tertiary/aromatic N) is 4. The number of aromatic hydroxyl groups is 2. The summed E-state index contributed by atoms with van der Waals surface area (Å²) in [5.74, 6) is 0.206. The number of aromatic nitrogens is 2. The number of hydrogen-bond donors (Lipinski definition) is 2. The summed E-state index contributed by atoms with van der Waals surface area (Å²) in [5, 5.41) is 17.3. The van der Waals surface area contributed by atoms with Crippen molar-refractivity contribution >= 4 is 24.1 Å². The summed E-state index contributed by atoms with van der Waals surface area (Å²) in [6, 6.07) is 25.1. The van der Waals surface area contributed by atoms with Crippen molar-refractivity contribution in [1.82, 2.24) is 18.9 Å². The Morgan fingerprint density at radius 3 is 1.24 bits per heavy atom. The average molecular weight is 907 g/mol. The van der Waals surface area contributed by atoms with E-state index in [2.05, 4.69) is 0 Å². The largest absolute Gasteiger partial charge is 0.508 e. The molecule has 2 saturated heterocycles. The zero-order valence-electron chi connectivity index (χ0n) is 36.8. The van der Waals surface area contributed by atoms with Crippen molar-refractivity contribution in [2.24, 2.45) is 0 Å².